The predicted molar refractivity (Wildman–Crippen MR) is 102 cm³/mol. The maximum atomic E-state index is 12.5. The zero-order valence-electron chi connectivity index (χ0n) is 15.3. The van der Waals surface area contributed by atoms with Gasteiger partial charge in [-0.15, -0.1) is 11.3 Å². The Morgan fingerprint density at radius 3 is 2.58 bits per heavy atom. The van der Waals surface area contributed by atoms with Crippen molar-refractivity contribution in [3.63, 3.8) is 0 Å². The number of carbonyl (C=O) groups excluding carboxylic acids is 3. The molecule has 4 N–H and O–H groups in total. The lowest BCUT2D eigenvalue weighted by Crippen LogP contribution is -2.54. The summed E-state index contributed by atoms with van der Waals surface area (Å²) in [5, 5.41) is 7.88. The first-order valence-electron chi connectivity index (χ1n) is 8.83. The van der Waals surface area contributed by atoms with Crippen molar-refractivity contribution in [1.82, 2.24) is 15.1 Å². The van der Waals surface area contributed by atoms with Crippen molar-refractivity contribution in [2.75, 3.05) is 44.6 Å². The number of nitrogens with zero attached hydrogens (tertiary/aromatic N) is 2. The Bertz CT molecular complexity index is 640. The minimum atomic E-state index is -0.552. The van der Waals surface area contributed by atoms with Gasteiger partial charge in [-0.05, 0) is 24.8 Å². The van der Waals surface area contributed by atoms with Crippen molar-refractivity contribution in [3.05, 3.63) is 17.0 Å². The van der Waals surface area contributed by atoms with E-state index in [0.29, 0.717) is 36.7 Å². The van der Waals surface area contributed by atoms with E-state index in [-0.39, 0.29) is 17.9 Å². The molecule has 26 heavy (non-hydrogen) atoms. The number of nitrogens with two attached hydrogens (primary N) is 1. The van der Waals surface area contributed by atoms with Gasteiger partial charge in [0.2, 0.25) is 11.8 Å². The van der Waals surface area contributed by atoms with Crippen molar-refractivity contribution in [1.29, 1.82) is 0 Å². The van der Waals surface area contributed by atoms with Gasteiger partial charge in [0.05, 0.1) is 18.2 Å². The molecule has 0 spiro atoms. The number of piperazine rings is 1. The summed E-state index contributed by atoms with van der Waals surface area (Å²) < 4.78 is 0. The highest BCUT2D eigenvalue weighted by molar-refractivity contribution is 7.14. The highest BCUT2D eigenvalue weighted by atomic mass is 32.1. The van der Waals surface area contributed by atoms with E-state index >= 15 is 0 Å². The van der Waals surface area contributed by atoms with Crippen LogP contribution in [-0.2, 0) is 9.59 Å². The molecule has 0 bridgehead atoms. The molecular weight excluding hydrogens is 354 g/mol. The minimum Gasteiger partial charge on any atom is -0.366 e. The van der Waals surface area contributed by atoms with Crippen LogP contribution in [-0.4, -0.2) is 72.8 Å². The molecule has 1 aromatic rings. The Labute approximate surface area is 157 Å². The molecule has 8 nitrogen and oxygen atoms in total. The third-order valence-electron chi connectivity index (χ3n) is 4.44. The molecule has 3 amide bonds. The van der Waals surface area contributed by atoms with Gasteiger partial charge in [-0.1, -0.05) is 6.92 Å². The molecule has 2 rings (SSSR count). The summed E-state index contributed by atoms with van der Waals surface area (Å²) in [5.41, 5.74) is 5.64. The lowest BCUT2D eigenvalue weighted by atomic mass is 10.2. The number of hydrogen-bond donors (Lipinski definition) is 3. The van der Waals surface area contributed by atoms with Gasteiger partial charge in [-0.2, -0.15) is 0 Å². The van der Waals surface area contributed by atoms with Crippen LogP contribution in [0.25, 0.3) is 0 Å². The van der Waals surface area contributed by atoms with E-state index in [4.69, 9.17) is 5.73 Å². The zero-order valence-corrected chi connectivity index (χ0v) is 16.1. The van der Waals surface area contributed by atoms with Crippen LogP contribution in [0, 0.1) is 0 Å². The van der Waals surface area contributed by atoms with E-state index in [1.807, 2.05) is 13.8 Å². The van der Waals surface area contributed by atoms with E-state index in [1.54, 1.807) is 11.4 Å². The largest absolute Gasteiger partial charge is 0.366 e. The second-order valence-electron chi connectivity index (χ2n) is 6.35. The van der Waals surface area contributed by atoms with Gasteiger partial charge in [0.1, 0.15) is 5.00 Å². The molecule has 0 saturated carbocycles. The van der Waals surface area contributed by atoms with Crippen LogP contribution in [0.15, 0.2) is 11.4 Å². The SMILES string of the molecule is CCCNC(=O)CN1CCN(C(C)C(=O)Nc2sccc2C(N)=O)CC1. The third-order valence-corrected chi connectivity index (χ3v) is 5.27. The second kappa shape index (κ2) is 9.65. The van der Waals surface area contributed by atoms with Crippen molar-refractivity contribution in [2.45, 2.75) is 26.3 Å². The van der Waals surface area contributed by atoms with Gasteiger partial charge in [-0.25, -0.2) is 0 Å². The monoisotopic (exact) mass is 381 g/mol. The van der Waals surface area contributed by atoms with Crippen LogP contribution in [0.2, 0.25) is 0 Å². The number of amides is 3. The summed E-state index contributed by atoms with van der Waals surface area (Å²) in [7, 11) is 0. The van der Waals surface area contributed by atoms with Crippen LogP contribution in [0.4, 0.5) is 5.00 Å². The Hall–Kier alpha value is -1.97. The average molecular weight is 382 g/mol. The van der Waals surface area contributed by atoms with E-state index in [9.17, 15) is 14.4 Å². The van der Waals surface area contributed by atoms with Gasteiger partial charge in [0.25, 0.3) is 5.91 Å². The molecule has 1 aliphatic rings. The molecule has 1 atom stereocenters. The molecule has 1 fully saturated rings. The molecule has 2 heterocycles. The fraction of sp³-hybridized carbons (Fsp3) is 0.588. The van der Waals surface area contributed by atoms with Crippen LogP contribution < -0.4 is 16.4 Å². The molecule has 1 aromatic heterocycles. The molecule has 1 saturated heterocycles. The van der Waals surface area contributed by atoms with E-state index in [0.717, 1.165) is 19.5 Å². The number of rotatable bonds is 8. The molecule has 1 unspecified atom stereocenters. The fourth-order valence-electron chi connectivity index (χ4n) is 2.81. The molecule has 144 valence electrons. The topological polar surface area (TPSA) is 108 Å². The van der Waals surface area contributed by atoms with Crippen molar-refractivity contribution in [3.8, 4) is 0 Å². The smallest absolute Gasteiger partial charge is 0.251 e. The number of primary amides is 1. The number of thiophene rings is 1. The average Bonchev–Trinajstić information content (AvgIpc) is 3.08. The van der Waals surface area contributed by atoms with Gasteiger partial charge >= 0.3 is 0 Å². The number of carbonyl (C=O) groups is 3. The van der Waals surface area contributed by atoms with E-state index in [1.165, 1.54) is 11.3 Å². The van der Waals surface area contributed by atoms with Crippen LogP contribution in [0.1, 0.15) is 30.6 Å². The van der Waals surface area contributed by atoms with Crippen molar-refractivity contribution < 1.29 is 14.4 Å². The van der Waals surface area contributed by atoms with Gasteiger partial charge in [0, 0.05) is 32.7 Å². The Balaban J connectivity index is 1.81. The quantitative estimate of drug-likeness (QED) is 0.601. The van der Waals surface area contributed by atoms with Gasteiger partial charge < -0.3 is 16.4 Å². The molecule has 9 heteroatoms. The molecule has 0 radical (unpaired) electrons. The highest BCUT2D eigenvalue weighted by Gasteiger charge is 2.27. The summed E-state index contributed by atoms with van der Waals surface area (Å²) in [6.07, 6.45) is 0.924. The standard InChI is InChI=1S/C17H27N5O3S/c1-3-5-19-14(23)11-21-6-8-22(9-7-21)12(2)16(25)20-17-13(15(18)24)4-10-26-17/h4,10,12H,3,5-9,11H2,1-2H3,(H2,18,24)(H,19,23)(H,20,25). The first-order chi connectivity index (χ1) is 12.4. The first kappa shape index (κ1) is 20.3. The molecule has 0 aromatic carbocycles. The van der Waals surface area contributed by atoms with Crippen LogP contribution in [0.3, 0.4) is 0 Å². The lowest BCUT2D eigenvalue weighted by Gasteiger charge is -2.37. The summed E-state index contributed by atoms with van der Waals surface area (Å²) in [6.45, 7) is 7.86. The fourth-order valence-corrected chi connectivity index (χ4v) is 3.61. The summed E-state index contributed by atoms with van der Waals surface area (Å²) in [6, 6.07) is 1.28. The number of hydrogen-bond acceptors (Lipinski definition) is 6. The van der Waals surface area contributed by atoms with Crippen molar-refractivity contribution >= 4 is 34.1 Å². The molecule has 0 aliphatic carbocycles. The van der Waals surface area contributed by atoms with E-state index in [2.05, 4.69) is 20.4 Å². The van der Waals surface area contributed by atoms with Gasteiger partial charge in [-0.3, -0.25) is 24.2 Å². The number of nitrogens with one attached hydrogen (secondary N) is 2. The van der Waals surface area contributed by atoms with Crippen LogP contribution in [0.5, 0.6) is 0 Å². The normalized spacial score (nSPS) is 16.8. The van der Waals surface area contributed by atoms with E-state index < -0.39 is 5.91 Å². The van der Waals surface area contributed by atoms with Crippen LogP contribution >= 0.6 is 11.3 Å². The second-order valence-corrected chi connectivity index (χ2v) is 7.27. The molecular formula is C17H27N5O3S. The Kier molecular flexibility index (Phi) is 7.55. The summed E-state index contributed by atoms with van der Waals surface area (Å²) >= 11 is 1.28. The Morgan fingerprint density at radius 1 is 1.27 bits per heavy atom. The minimum absolute atomic E-state index is 0.0442. The summed E-state index contributed by atoms with van der Waals surface area (Å²) in [4.78, 5) is 39.8. The Morgan fingerprint density at radius 2 is 1.96 bits per heavy atom. The first-order valence-corrected chi connectivity index (χ1v) is 9.71. The highest BCUT2D eigenvalue weighted by Crippen LogP contribution is 2.23. The lowest BCUT2D eigenvalue weighted by molar-refractivity contribution is -0.124. The summed E-state index contributed by atoms with van der Waals surface area (Å²) in [5.74, 6) is -0.670. The third kappa shape index (κ3) is 5.52. The maximum Gasteiger partial charge on any atom is 0.251 e. The van der Waals surface area contributed by atoms with Crippen molar-refractivity contribution in [2.24, 2.45) is 5.73 Å². The maximum absolute atomic E-state index is 12.5. The van der Waals surface area contributed by atoms with Gasteiger partial charge in [0.15, 0.2) is 0 Å². The number of anilines is 1. The zero-order chi connectivity index (χ0) is 19.1. The molecule has 1 aliphatic heterocycles. The predicted octanol–water partition coefficient (Wildman–Crippen LogP) is 0.318.